The van der Waals surface area contributed by atoms with Gasteiger partial charge in [-0.25, -0.2) is 0 Å². The van der Waals surface area contributed by atoms with E-state index in [-0.39, 0.29) is 33.9 Å². The zero-order valence-corrected chi connectivity index (χ0v) is 47.9. The minimum atomic E-state index is -0.456. The van der Waals surface area contributed by atoms with Crippen molar-refractivity contribution in [3.05, 3.63) is 233 Å². The first kappa shape index (κ1) is 44.6. The normalized spacial score (nSPS) is 13.3. The summed E-state index contributed by atoms with van der Waals surface area (Å²) in [5.41, 5.74) is 12.9. The van der Waals surface area contributed by atoms with Gasteiger partial charge in [-0.3, -0.25) is 0 Å². The molecule has 9 aromatic carbocycles. The Kier molecular flexibility index (Phi) is 10.7. The van der Waals surface area contributed by atoms with E-state index in [1.165, 1.54) is 0 Å². The first-order valence-corrected chi connectivity index (χ1v) is 27.8. The number of ether oxygens (including phenoxy) is 1. The summed E-state index contributed by atoms with van der Waals surface area (Å²) in [5.74, 6) is 1.68. The van der Waals surface area contributed by atoms with Crippen LogP contribution in [0.1, 0.15) is 85.9 Å². The topological polar surface area (TPSA) is 49.5 Å². The summed E-state index contributed by atoms with van der Waals surface area (Å²) in [6, 6.07) is 61.3. The molecule has 13 rings (SSSR count). The molecule has 4 aromatic heterocycles. The molecule has 0 unspecified atom stereocenters. The predicted octanol–water partition coefficient (Wildman–Crippen LogP) is 19.2. The average molecular weight is 1210 g/mol. The van der Waals surface area contributed by atoms with Crippen LogP contribution in [0.25, 0.3) is 105 Å². The molecule has 7 heteroatoms. The molecule has 0 N–H and O–H groups in total. The number of nitrogens with zero attached hydrogens (tertiary/aromatic N) is 4. The van der Waals surface area contributed by atoms with Gasteiger partial charge in [0.05, 0.1) is 0 Å². The summed E-state index contributed by atoms with van der Waals surface area (Å²) in [4.78, 5) is 4.91. The van der Waals surface area contributed by atoms with Crippen molar-refractivity contribution in [1.82, 2.24) is 18.5 Å². The van der Waals surface area contributed by atoms with Gasteiger partial charge in [0.1, 0.15) is 0 Å². The third-order valence-electron chi connectivity index (χ3n) is 15.1. The van der Waals surface area contributed by atoms with Crippen molar-refractivity contribution in [3.63, 3.8) is 0 Å². The van der Waals surface area contributed by atoms with E-state index >= 15 is 0 Å². The Bertz CT molecular complexity index is 4910. The number of fused-ring (bicyclic) bond motifs is 7. The molecule has 0 spiro atoms. The summed E-state index contributed by atoms with van der Waals surface area (Å²) in [7, 11) is 0. The summed E-state index contributed by atoms with van der Waals surface area (Å²) >= 11 is 2.38. The predicted molar refractivity (Wildman–Crippen MR) is 322 cm³/mol. The fourth-order valence-electron chi connectivity index (χ4n) is 11.0. The molecule has 392 valence electrons. The van der Waals surface area contributed by atoms with Crippen LogP contribution in [0.4, 0.5) is 0 Å². The third-order valence-corrected chi connectivity index (χ3v) is 16.1. The first-order valence-electron chi connectivity index (χ1n) is 29.2. The van der Waals surface area contributed by atoms with Crippen LogP contribution in [0, 0.1) is 15.9 Å². The molecule has 0 saturated heterocycles. The molecule has 0 bridgehead atoms. The van der Waals surface area contributed by atoms with Crippen molar-refractivity contribution in [1.29, 1.82) is 0 Å². The van der Waals surface area contributed by atoms with E-state index < -0.39 is 18.1 Å². The van der Waals surface area contributed by atoms with Crippen molar-refractivity contribution in [2.24, 2.45) is 0 Å². The monoisotopic (exact) mass is 1210 g/mol. The van der Waals surface area contributed by atoms with Gasteiger partial charge in [0.15, 0.2) is 0 Å². The van der Waals surface area contributed by atoms with E-state index in [4.69, 9.17) is 18.3 Å². The second-order valence-electron chi connectivity index (χ2n) is 23.5. The molecule has 6 nitrogen and oxygen atoms in total. The van der Waals surface area contributed by atoms with Crippen molar-refractivity contribution in [2.75, 3.05) is 0 Å². The fraction of sp³-hybridized carbons (Fsp3) is 0.167. The SMILES string of the molecule is [2H]c1c([2H])c([2H])c(-c2cccc(-c3cc(C(C)(C)C)cc(C(C)(C)C)c3)c2-n2[c](=[Pt])n3c4[c-]c(Oc5[c-]c6c(cc5)c5ccccc5n6-c5cc(C(C)(C)C)ccn5)ccc4oc4c(-c5ccccc5)cccc4c4cccc2c43)c([2H])c1[2H]. The molecule has 0 aliphatic rings. The van der Waals surface area contributed by atoms with E-state index in [0.717, 1.165) is 88.4 Å². The Labute approximate surface area is 479 Å². The number of benzene rings is 9. The molecule has 0 amide bonds. The molecule has 0 radical (unpaired) electrons. The number of hydrogen-bond acceptors (Lipinski definition) is 3. The zero-order valence-electron chi connectivity index (χ0n) is 50.6. The summed E-state index contributed by atoms with van der Waals surface area (Å²) in [6.07, 6.45) is 1.87. The Balaban J connectivity index is 1.14. The van der Waals surface area contributed by atoms with E-state index in [0.29, 0.717) is 43.2 Å². The van der Waals surface area contributed by atoms with Crippen molar-refractivity contribution in [2.45, 2.75) is 78.6 Å². The Morgan fingerprint density at radius 1 is 0.506 bits per heavy atom. The minimum absolute atomic E-state index is 0.0968. The standard InChI is InChI=1S/C72H60N4O2.Pt/c1-70(2,3)49-37-38-73-66(42-49)76-61-31-17-16-25-57(61)58-35-33-52(43-63(58)76)77-53-34-36-65-64(44-53)75-45-74(62-32-20-29-59(68(62)75)60-30-19-28-56(69(60)78-65)47-23-14-11-15-24-47)67-54(46-21-12-10-13-22-46)26-18-27-55(67)48-39-50(71(4,5)6)41-51(40-48)72(7,8)9;/h10-42H,1-9H3;/q-2;/i10D,12D,13D,21D,22D;. The maximum atomic E-state index is 9.51. The van der Waals surface area contributed by atoms with Crippen LogP contribution in [0.5, 0.6) is 11.5 Å². The number of pyridine rings is 1. The van der Waals surface area contributed by atoms with E-state index in [1.54, 1.807) is 0 Å². The van der Waals surface area contributed by atoms with Crippen molar-refractivity contribution >= 4 is 60.3 Å². The molecule has 0 aliphatic carbocycles. The number of rotatable bonds is 7. The van der Waals surface area contributed by atoms with Crippen LogP contribution < -0.4 is 4.74 Å². The molecular formula is C72H60N4O2Pt-2. The van der Waals surface area contributed by atoms with Gasteiger partial charge < -0.3 is 0 Å². The van der Waals surface area contributed by atoms with E-state index in [1.807, 2.05) is 66.9 Å². The Morgan fingerprint density at radius 3 is 1.85 bits per heavy atom. The third kappa shape index (κ3) is 8.78. The van der Waals surface area contributed by atoms with Crippen LogP contribution in [-0.4, -0.2) is 18.5 Å². The van der Waals surface area contributed by atoms with Gasteiger partial charge in [-0.05, 0) is 17.0 Å². The molecule has 4 heterocycles. The zero-order chi connectivity index (χ0) is 58.9. The van der Waals surface area contributed by atoms with Crippen LogP contribution in [-0.2, 0) is 35.6 Å². The molecule has 13 aromatic rings. The number of imidazole rings is 1. The second kappa shape index (κ2) is 19.0. The number of hydrogen-bond donors (Lipinski definition) is 0. The molecule has 0 fully saturated rings. The molecule has 0 saturated carbocycles. The van der Waals surface area contributed by atoms with Gasteiger partial charge in [-0.1, -0.05) is 32.9 Å². The van der Waals surface area contributed by atoms with Gasteiger partial charge >= 0.3 is 426 Å². The number of aromatic nitrogens is 4. The van der Waals surface area contributed by atoms with Gasteiger partial charge in [0.2, 0.25) is 0 Å². The van der Waals surface area contributed by atoms with Gasteiger partial charge in [0.25, 0.3) is 0 Å². The Hall–Kier alpha value is -8.31. The van der Waals surface area contributed by atoms with Crippen LogP contribution in [0.2, 0.25) is 0 Å². The second-order valence-corrected chi connectivity index (χ2v) is 24.5. The van der Waals surface area contributed by atoms with E-state index in [9.17, 15) is 2.74 Å². The van der Waals surface area contributed by atoms with Crippen LogP contribution in [0.15, 0.2) is 205 Å². The van der Waals surface area contributed by atoms with Crippen LogP contribution >= 0.6 is 0 Å². The van der Waals surface area contributed by atoms with Crippen molar-refractivity contribution < 1.29 is 35.4 Å². The fourth-order valence-corrected chi connectivity index (χ4v) is 12.0. The molecule has 0 aliphatic heterocycles. The molecular weight excluding hydrogens is 1150 g/mol. The first-order chi connectivity index (χ1) is 40.1. The molecule has 0 atom stereocenters. The Morgan fingerprint density at radius 2 is 1.11 bits per heavy atom. The van der Waals surface area contributed by atoms with E-state index in [2.05, 4.69) is 210 Å². The average Bonchev–Trinajstić information content (AvgIpc) is 3.34. The van der Waals surface area contributed by atoms with Gasteiger partial charge in [0, 0.05) is 6.20 Å². The van der Waals surface area contributed by atoms with Crippen LogP contribution in [0.3, 0.4) is 0 Å². The number of para-hydroxylation sites is 4. The van der Waals surface area contributed by atoms with Gasteiger partial charge in [-0.2, -0.15) is 0 Å². The summed E-state index contributed by atoms with van der Waals surface area (Å²) in [6.45, 7) is 19.9. The van der Waals surface area contributed by atoms with Gasteiger partial charge in [-0.15, -0.1) is 0 Å². The molecule has 79 heavy (non-hydrogen) atoms. The van der Waals surface area contributed by atoms with Crippen molar-refractivity contribution in [3.8, 4) is 56.4 Å². The summed E-state index contributed by atoms with van der Waals surface area (Å²) in [5, 5.41) is 3.83. The maximum absolute atomic E-state index is 9.51. The summed E-state index contributed by atoms with van der Waals surface area (Å²) < 4.78 is 67.1. The quantitative estimate of drug-likeness (QED) is 0.149.